The molecule has 16 nitrogen and oxygen atoms in total. The van der Waals surface area contributed by atoms with Crippen LogP contribution in [0.2, 0.25) is 0 Å². The Morgan fingerprint density at radius 1 is 0.518 bits per heavy atom. The summed E-state index contributed by atoms with van der Waals surface area (Å²) in [5, 5.41) is 42.0. The molecule has 0 atom stereocenters. The fourth-order valence-electron chi connectivity index (χ4n) is 6.12. The van der Waals surface area contributed by atoms with E-state index in [-0.39, 0.29) is 11.4 Å². The lowest BCUT2D eigenvalue weighted by atomic mass is 10.0. The third-order valence-corrected chi connectivity index (χ3v) is 8.88. The van der Waals surface area contributed by atoms with E-state index in [2.05, 4.69) is 0 Å². The second-order valence-electron chi connectivity index (χ2n) is 12.3. The fourth-order valence-corrected chi connectivity index (χ4v) is 6.12. The van der Waals surface area contributed by atoms with Crippen molar-refractivity contribution in [3.8, 4) is 68.2 Å². The van der Waals surface area contributed by atoms with Crippen LogP contribution in [0.25, 0.3) is 56.7 Å². The van der Waals surface area contributed by atoms with Crippen molar-refractivity contribution in [3.63, 3.8) is 0 Å². The average molecular weight is 747 g/mol. The first-order valence-electron chi connectivity index (χ1n) is 17.1. The number of methoxy groups -OCH3 is 2. The van der Waals surface area contributed by atoms with Gasteiger partial charge in [-0.15, -0.1) is 0 Å². The fraction of sp³-hybridized carbons (Fsp3) is 0.0500. The molecule has 56 heavy (non-hydrogen) atoms. The van der Waals surface area contributed by atoms with Gasteiger partial charge >= 0.3 is 11.6 Å². The number of tetrazole rings is 2. The lowest BCUT2D eigenvalue weighted by molar-refractivity contribution is -0.734. The van der Waals surface area contributed by atoms with Crippen molar-refractivity contribution in [2.24, 2.45) is 0 Å². The minimum Gasteiger partial charge on any atom is -0.496 e. The average Bonchev–Trinajstić information content (AvgIpc) is 3.90. The molecule has 8 rings (SSSR count). The normalized spacial score (nSPS) is 11.0. The Morgan fingerprint density at radius 2 is 0.964 bits per heavy atom. The van der Waals surface area contributed by atoms with Crippen LogP contribution in [0.4, 0.5) is 11.4 Å². The third kappa shape index (κ3) is 6.64. The van der Waals surface area contributed by atoms with Gasteiger partial charge in [-0.25, -0.2) is 0 Å². The first-order valence-corrected chi connectivity index (χ1v) is 17.1. The maximum atomic E-state index is 11.4. The van der Waals surface area contributed by atoms with E-state index in [0.29, 0.717) is 57.0 Å². The maximum absolute atomic E-state index is 11.4. The lowest BCUT2D eigenvalue weighted by Gasteiger charge is -2.14. The summed E-state index contributed by atoms with van der Waals surface area (Å²) in [6.07, 6.45) is 0. The SMILES string of the molecule is COc1cc(-n2nc(-c3ccccc3)n[n+]2-c2ccc([N+](=O)[O-])cc2)ccc1-c1cc(-n2nc(-c3ccccc3)n[n+]2-c2ccc([N+](=O)[O-])cc2)ccc1OC. The van der Waals surface area contributed by atoms with Crippen molar-refractivity contribution in [3.05, 3.63) is 166 Å². The van der Waals surface area contributed by atoms with Crippen molar-refractivity contribution in [1.82, 2.24) is 30.0 Å². The molecular weight excluding hydrogens is 717 g/mol. The van der Waals surface area contributed by atoms with Crippen molar-refractivity contribution in [1.29, 1.82) is 0 Å². The second-order valence-corrected chi connectivity index (χ2v) is 12.3. The molecule has 0 radical (unpaired) electrons. The number of nitro groups is 2. The number of benzene rings is 6. The van der Waals surface area contributed by atoms with E-state index in [9.17, 15) is 20.2 Å². The minimum atomic E-state index is -0.457. The van der Waals surface area contributed by atoms with Crippen LogP contribution in [0.15, 0.2) is 146 Å². The zero-order valence-electron chi connectivity index (χ0n) is 29.8. The largest absolute Gasteiger partial charge is 0.496 e. The highest BCUT2D eigenvalue weighted by Gasteiger charge is 2.28. The Labute approximate surface area is 317 Å². The van der Waals surface area contributed by atoms with Crippen LogP contribution in [-0.2, 0) is 0 Å². The smallest absolute Gasteiger partial charge is 0.340 e. The molecule has 0 spiro atoms. The van der Waals surface area contributed by atoms with Crippen LogP contribution < -0.4 is 19.1 Å². The zero-order chi connectivity index (χ0) is 38.8. The van der Waals surface area contributed by atoms with Crippen molar-refractivity contribution < 1.29 is 28.9 Å². The number of nitro benzene ring substituents is 2. The molecule has 2 heterocycles. The molecule has 2 aromatic heterocycles. The highest BCUT2D eigenvalue weighted by atomic mass is 16.6. The Morgan fingerprint density at radius 3 is 1.41 bits per heavy atom. The first kappa shape index (κ1) is 34.9. The van der Waals surface area contributed by atoms with Crippen LogP contribution in [0.3, 0.4) is 0 Å². The van der Waals surface area contributed by atoms with Gasteiger partial charge in [0.1, 0.15) is 22.9 Å². The van der Waals surface area contributed by atoms with Crippen LogP contribution in [0.1, 0.15) is 0 Å². The van der Waals surface area contributed by atoms with Crippen LogP contribution in [0.5, 0.6) is 11.5 Å². The zero-order valence-corrected chi connectivity index (χ0v) is 29.8. The molecule has 274 valence electrons. The van der Waals surface area contributed by atoms with Crippen LogP contribution in [0, 0.1) is 20.2 Å². The van der Waals surface area contributed by atoms with Gasteiger partial charge in [0.25, 0.3) is 11.4 Å². The number of hydrogen-bond acceptors (Lipinski definition) is 10. The highest BCUT2D eigenvalue weighted by molar-refractivity contribution is 5.78. The van der Waals surface area contributed by atoms with E-state index in [1.165, 1.54) is 24.3 Å². The predicted molar refractivity (Wildman–Crippen MR) is 202 cm³/mol. The summed E-state index contributed by atoms with van der Waals surface area (Å²) in [6, 6.07) is 42.1. The summed E-state index contributed by atoms with van der Waals surface area (Å²) >= 11 is 0. The number of aromatic nitrogens is 8. The number of hydrogen-bond donors (Lipinski definition) is 0. The first-order chi connectivity index (χ1) is 27.3. The van der Waals surface area contributed by atoms with Gasteiger partial charge in [-0.05, 0) is 98.7 Å². The summed E-state index contributed by atoms with van der Waals surface area (Å²) in [5.74, 6) is 1.91. The summed E-state index contributed by atoms with van der Waals surface area (Å²) in [5.41, 5.74) is 5.12. The number of rotatable bonds is 11. The van der Waals surface area contributed by atoms with Gasteiger partial charge in [-0.2, -0.15) is 0 Å². The summed E-state index contributed by atoms with van der Waals surface area (Å²) in [7, 11) is 3.14. The minimum absolute atomic E-state index is 0.0496. The van der Waals surface area contributed by atoms with Gasteiger partial charge in [0, 0.05) is 51.1 Å². The topological polar surface area (TPSA) is 174 Å². The third-order valence-electron chi connectivity index (χ3n) is 8.88. The summed E-state index contributed by atoms with van der Waals surface area (Å²) in [6.45, 7) is 0. The van der Waals surface area contributed by atoms with Gasteiger partial charge < -0.3 is 9.47 Å². The van der Waals surface area contributed by atoms with Gasteiger partial charge in [-0.1, -0.05) is 36.4 Å². The molecule has 0 amide bonds. The molecule has 0 aliphatic carbocycles. The molecule has 0 bridgehead atoms. The molecule has 0 unspecified atom stereocenters. The summed E-state index contributed by atoms with van der Waals surface area (Å²) < 4.78 is 11.8. The Hall–Kier alpha value is -8.14. The molecular formula is C40H30N10O6+2. The van der Waals surface area contributed by atoms with Gasteiger partial charge in [-0.3, -0.25) is 20.2 Å². The van der Waals surface area contributed by atoms with Crippen molar-refractivity contribution in [2.75, 3.05) is 14.2 Å². The Bertz CT molecular complexity index is 2720. The van der Waals surface area contributed by atoms with E-state index >= 15 is 0 Å². The Kier molecular flexibility index (Phi) is 9.17. The quantitative estimate of drug-likeness (QED) is 0.0838. The molecule has 6 aromatic carbocycles. The second kappa shape index (κ2) is 14.7. The molecule has 0 saturated carbocycles. The van der Waals surface area contributed by atoms with Crippen LogP contribution in [-0.4, -0.2) is 54.1 Å². The molecule has 16 heteroatoms. The van der Waals surface area contributed by atoms with E-state index in [4.69, 9.17) is 29.9 Å². The standard InChI is InChI=1S/C40H30N10O6/c1-55-37-24-22-33(47-43-39(27-9-5-3-6-10-27)41-45(47)29-13-17-31(18-14-29)49(51)52)25-36(37)35-23-21-34(26-38(35)56-2)48-44-40(28-11-7-4-8-12-28)42-46(48)30-15-19-32(20-16-30)50(53)54/h3-26H,1-2H3/q+2. The van der Waals surface area contributed by atoms with Crippen LogP contribution >= 0.6 is 0 Å². The molecule has 0 N–H and O–H groups in total. The molecule has 8 aromatic rings. The monoisotopic (exact) mass is 746 g/mol. The number of ether oxygens (including phenoxy) is 2. The van der Waals surface area contributed by atoms with Gasteiger partial charge in [0.05, 0.1) is 45.4 Å². The van der Waals surface area contributed by atoms with Gasteiger partial charge in [0.2, 0.25) is 0 Å². The molecule has 0 fully saturated rings. The van der Waals surface area contributed by atoms with Crippen molar-refractivity contribution >= 4 is 11.4 Å². The molecule has 0 aliphatic heterocycles. The predicted octanol–water partition coefficient (Wildman–Crippen LogP) is 6.24. The Balaban J connectivity index is 1.24. The molecule has 0 aliphatic rings. The number of non-ortho nitro benzene ring substituents is 2. The van der Waals surface area contributed by atoms with E-state index in [1.54, 1.807) is 57.7 Å². The van der Waals surface area contributed by atoms with E-state index in [0.717, 1.165) is 11.1 Å². The van der Waals surface area contributed by atoms with E-state index < -0.39 is 9.85 Å². The summed E-state index contributed by atoms with van der Waals surface area (Å²) in [4.78, 5) is 28.2. The van der Waals surface area contributed by atoms with Gasteiger partial charge in [0.15, 0.2) is 11.4 Å². The van der Waals surface area contributed by atoms with Crippen molar-refractivity contribution in [2.45, 2.75) is 0 Å². The number of nitrogens with zero attached hydrogens (tertiary/aromatic N) is 10. The van der Waals surface area contributed by atoms with E-state index in [1.807, 2.05) is 97.1 Å². The molecule has 0 saturated heterocycles. The highest BCUT2D eigenvalue weighted by Crippen LogP contribution is 2.39. The maximum Gasteiger partial charge on any atom is 0.340 e. The lowest BCUT2D eigenvalue weighted by Crippen LogP contribution is -2.43.